The summed E-state index contributed by atoms with van der Waals surface area (Å²) in [5.74, 6) is -0.0972. The minimum Gasteiger partial charge on any atom is -0.444 e. The van der Waals surface area contributed by atoms with Crippen LogP contribution in [-0.2, 0) is 43.4 Å². The van der Waals surface area contributed by atoms with Crippen molar-refractivity contribution in [3.05, 3.63) is 71.9 Å². The van der Waals surface area contributed by atoms with E-state index in [-0.39, 0.29) is 25.1 Å². The molecule has 0 radical (unpaired) electrons. The molecule has 2 heterocycles. The molecule has 1 saturated heterocycles. The van der Waals surface area contributed by atoms with Crippen LogP contribution in [0.1, 0.15) is 51.2 Å². The van der Waals surface area contributed by atoms with Gasteiger partial charge in [0, 0.05) is 49.9 Å². The molecule has 9 heteroatoms. The zero-order valence-corrected chi connectivity index (χ0v) is 25.9. The van der Waals surface area contributed by atoms with Gasteiger partial charge in [-0.2, -0.15) is 0 Å². The van der Waals surface area contributed by atoms with E-state index in [0.29, 0.717) is 26.3 Å². The largest absolute Gasteiger partial charge is 0.444 e. The maximum Gasteiger partial charge on any atom is 0.410 e. The first-order chi connectivity index (χ1) is 20.7. The van der Waals surface area contributed by atoms with E-state index in [4.69, 9.17) is 18.9 Å². The van der Waals surface area contributed by atoms with Crippen molar-refractivity contribution in [2.75, 3.05) is 33.4 Å². The van der Waals surface area contributed by atoms with E-state index in [1.54, 1.807) is 12.0 Å². The van der Waals surface area contributed by atoms with E-state index in [0.717, 1.165) is 47.8 Å². The zero-order valence-electron chi connectivity index (χ0n) is 25.9. The van der Waals surface area contributed by atoms with Crippen LogP contribution in [0.3, 0.4) is 0 Å². The molecule has 2 fully saturated rings. The van der Waals surface area contributed by atoms with Crippen molar-refractivity contribution in [3.63, 3.8) is 0 Å². The number of aryl methyl sites for hydroxylation is 1. The number of hydrogen-bond acceptors (Lipinski definition) is 6. The van der Waals surface area contributed by atoms with Crippen molar-refractivity contribution in [2.45, 2.75) is 83.6 Å². The Labute approximate surface area is 254 Å². The monoisotopic (exact) mass is 591 g/mol. The molecule has 0 spiro atoms. The molecule has 0 N–H and O–H groups in total. The van der Waals surface area contributed by atoms with Crippen LogP contribution in [0.15, 0.2) is 60.8 Å². The summed E-state index contributed by atoms with van der Waals surface area (Å²) in [7, 11) is 1.72. The number of morpholine rings is 1. The van der Waals surface area contributed by atoms with E-state index in [2.05, 4.69) is 22.9 Å². The standard InChI is InChI=1S/C34H45N3O6/c1-34(2,3)43-33(39)36-21-28(24-41-23-25-11-6-5-7-12-25)42-31(22-36)32(38)37(27-15-16-27)20-26-19-35(17-10-18-40-4)30-14-9-8-13-29(26)30/h5-9,11-14,19,27-28,31H,10,15-18,20-24H2,1-4H3/t28-,31?/m0/s1. The second-order valence-electron chi connectivity index (χ2n) is 12.5. The number of benzene rings is 2. The highest BCUT2D eigenvalue weighted by atomic mass is 16.6. The Morgan fingerprint density at radius 2 is 1.77 bits per heavy atom. The highest BCUT2D eigenvalue weighted by Gasteiger charge is 2.42. The highest BCUT2D eigenvalue weighted by Crippen LogP contribution is 2.32. The number of nitrogens with zero attached hydrogens (tertiary/aromatic N) is 3. The summed E-state index contributed by atoms with van der Waals surface area (Å²) in [6.45, 7) is 8.67. The quantitative estimate of drug-likeness (QED) is 0.263. The lowest BCUT2D eigenvalue weighted by Crippen LogP contribution is -2.57. The predicted molar refractivity (Wildman–Crippen MR) is 165 cm³/mol. The Kier molecular flexibility index (Phi) is 10.1. The molecule has 43 heavy (non-hydrogen) atoms. The molecule has 2 aliphatic rings. The molecule has 1 saturated carbocycles. The Balaban J connectivity index is 1.33. The fraction of sp³-hybridized carbons (Fsp3) is 0.529. The first-order valence-corrected chi connectivity index (χ1v) is 15.3. The summed E-state index contributed by atoms with van der Waals surface area (Å²) in [4.78, 5) is 30.9. The zero-order chi connectivity index (χ0) is 30.4. The summed E-state index contributed by atoms with van der Waals surface area (Å²) < 4.78 is 25.6. The molecular formula is C34H45N3O6. The molecule has 1 aromatic heterocycles. The van der Waals surface area contributed by atoms with Gasteiger partial charge in [-0.1, -0.05) is 48.5 Å². The molecular weight excluding hydrogens is 546 g/mol. The molecule has 1 aliphatic carbocycles. The second-order valence-corrected chi connectivity index (χ2v) is 12.5. The number of rotatable bonds is 12. The van der Waals surface area contributed by atoms with Crippen molar-refractivity contribution < 1.29 is 28.5 Å². The van der Waals surface area contributed by atoms with Gasteiger partial charge in [-0.25, -0.2) is 4.79 Å². The minimum absolute atomic E-state index is 0.0972. The fourth-order valence-electron chi connectivity index (χ4n) is 5.58. The third kappa shape index (κ3) is 8.37. The Bertz CT molecular complexity index is 1360. The second kappa shape index (κ2) is 13.9. The summed E-state index contributed by atoms with van der Waals surface area (Å²) in [5.41, 5.74) is 2.66. The van der Waals surface area contributed by atoms with E-state index in [9.17, 15) is 9.59 Å². The first-order valence-electron chi connectivity index (χ1n) is 15.3. The maximum absolute atomic E-state index is 14.2. The van der Waals surface area contributed by atoms with Crippen LogP contribution in [0.5, 0.6) is 0 Å². The van der Waals surface area contributed by atoms with E-state index >= 15 is 0 Å². The number of amides is 2. The smallest absolute Gasteiger partial charge is 0.410 e. The predicted octanol–water partition coefficient (Wildman–Crippen LogP) is 5.39. The number of methoxy groups -OCH3 is 1. The average Bonchev–Trinajstić information content (AvgIpc) is 3.77. The van der Waals surface area contributed by atoms with E-state index in [1.165, 1.54) is 0 Å². The van der Waals surface area contributed by atoms with Crippen LogP contribution < -0.4 is 0 Å². The van der Waals surface area contributed by atoms with Gasteiger partial charge in [-0.05, 0) is 57.2 Å². The van der Waals surface area contributed by atoms with Crippen molar-refractivity contribution >= 4 is 22.9 Å². The molecule has 3 aromatic rings. The molecule has 1 aliphatic heterocycles. The Morgan fingerprint density at radius 3 is 2.49 bits per heavy atom. The molecule has 1 unspecified atom stereocenters. The lowest BCUT2D eigenvalue weighted by atomic mass is 10.1. The van der Waals surface area contributed by atoms with Crippen molar-refractivity contribution in [1.82, 2.24) is 14.4 Å². The number of fused-ring (bicyclic) bond motifs is 1. The van der Waals surface area contributed by atoms with Gasteiger partial charge in [-0.15, -0.1) is 0 Å². The molecule has 9 nitrogen and oxygen atoms in total. The molecule has 2 atom stereocenters. The third-order valence-corrected chi connectivity index (χ3v) is 7.74. The average molecular weight is 592 g/mol. The molecule has 0 bridgehead atoms. The maximum atomic E-state index is 14.2. The lowest BCUT2D eigenvalue weighted by Gasteiger charge is -2.39. The van der Waals surface area contributed by atoms with Crippen molar-refractivity contribution in [1.29, 1.82) is 0 Å². The first kappa shape index (κ1) is 31.0. The van der Waals surface area contributed by atoms with Gasteiger partial charge in [0.25, 0.3) is 5.91 Å². The molecule has 232 valence electrons. The number of para-hydroxylation sites is 1. The van der Waals surface area contributed by atoms with Crippen molar-refractivity contribution in [3.8, 4) is 0 Å². The minimum atomic E-state index is -0.803. The SMILES string of the molecule is COCCCn1cc(CN(C(=O)C2CN(C(=O)OC(C)(C)C)C[C@@H](COCc3ccccc3)O2)C2CC2)c2ccccc21. The number of ether oxygens (including phenoxy) is 4. The van der Waals surface area contributed by atoms with Crippen LogP contribution in [0.2, 0.25) is 0 Å². The molecule has 2 aromatic carbocycles. The van der Waals surface area contributed by atoms with Crippen LogP contribution in [0.25, 0.3) is 10.9 Å². The lowest BCUT2D eigenvalue weighted by molar-refractivity contribution is -0.163. The van der Waals surface area contributed by atoms with E-state index in [1.807, 2.05) is 68.1 Å². The van der Waals surface area contributed by atoms with Gasteiger partial charge >= 0.3 is 6.09 Å². The molecule has 5 rings (SSSR count). The normalized spacial score (nSPS) is 19.0. The van der Waals surface area contributed by atoms with Gasteiger partial charge in [-0.3, -0.25) is 4.79 Å². The van der Waals surface area contributed by atoms with Gasteiger partial charge in [0.1, 0.15) is 5.60 Å². The van der Waals surface area contributed by atoms with Crippen LogP contribution >= 0.6 is 0 Å². The third-order valence-electron chi connectivity index (χ3n) is 7.74. The van der Waals surface area contributed by atoms with Gasteiger partial charge in [0.05, 0.1) is 32.4 Å². The Morgan fingerprint density at radius 1 is 1.02 bits per heavy atom. The van der Waals surface area contributed by atoms with Gasteiger partial charge < -0.3 is 33.3 Å². The summed E-state index contributed by atoms with van der Waals surface area (Å²) >= 11 is 0. The van der Waals surface area contributed by atoms with E-state index < -0.39 is 23.9 Å². The topological polar surface area (TPSA) is 82.5 Å². The van der Waals surface area contributed by atoms with Crippen LogP contribution in [0.4, 0.5) is 4.79 Å². The summed E-state index contributed by atoms with van der Waals surface area (Å²) in [6.07, 6.45) is 3.29. The summed E-state index contributed by atoms with van der Waals surface area (Å²) in [5, 5.41) is 1.14. The number of hydrogen-bond donors (Lipinski definition) is 0. The fourth-order valence-corrected chi connectivity index (χ4v) is 5.58. The van der Waals surface area contributed by atoms with Crippen LogP contribution in [0, 0.1) is 0 Å². The summed E-state index contributed by atoms with van der Waals surface area (Å²) in [6, 6.07) is 18.4. The Hall–Kier alpha value is -3.40. The van der Waals surface area contributed by atoms with Crippen molar-refractivity contribution in [2.24, 2.45) is 0 Å². The number of carbonyl (C=O) groups is 2. The molecule has 2 amide bonds. The highest BCUT2D eigenvalue weighted by molar-refractivity contribution is 5.86. The van der Waals surface area contributed by atoms with Gasteiger partial charge in [0.15, 0.2) is 6.10 Å². The van der Waals surface area contributed by atoms with Gasteiger partial charge in [0.2, 0.25) is 0 Å². The van der Waals surface area contributed by atoms with Crippen LogP contribution in [-0.4, -0.2) is 83.6 Å². The number of carbonyl (C=O) groups excluding carboxylic acids is 2. The number of aromatic nitrogens is 1.